The maximum atomic E-state index is 10.7. The Labute approximate surface area is 165 Å². The predicted molar refractivity (Wildman–Crippen MR) is 81.9 cm³/mol. The van der Waals surface area contributed by atoms with Gasteiger partial charge in [0.1, 0.15) is 0 Å². The summed E-state index contributed by atoms with van der Waals surface area (Å²) in [7, 11) is -18.3. The lowest BCUT2D eigenvalue weighted by atomic mass is 11.6. The van der Waals surface area contributed by atoms with Crippen LogP contribution >= 0.6 is 0 Å². The third-order valence-electron chi connectivity index (χ3n) is 0.850. The van der Waals surface area contributed by atoms with Crippen molar-refractivity contribution in [3.05, 3.63) is 0 Å². The molecule has 0 radical (unpaired) electrons. The van der Waals surface area contributed by atoms with Crippen LogP contribution in [0.1, 0.15) is 0 Å². The number of rotatable bonds is 0. The van der Waals surface area contributed by atoms with Gasteiger partial charge in [-0.15, -0.1) is 0 Å². The third kappa shape index (κ3) is 20.7. The average molecular weight is 552 g/mol. The summed E-state index contributed by atoms with van der Waals surface area (Å²) in [6, 6.07) is 0. The van der Waals surface area contributed by atoms with Crippen molar-refractivity contribution < 1.29 is 78.4 Å². The van der Waals surface area contributed by atoms with E-state index in [-0.39, 0.29) is 40.5 Å². The molecule has 0 saturated heterocycles. The van der Waals surface area contributed by atoms with Crippen molar-refractivity contribution in [1.82, 2.24) is 0 Å². The van der Waals surface area contributed by atoms with Crippen LogP contribution in [0.5, 0.6) is 0 Å². The second-order valence-electron chi connectivity index (χ2n) is 2.70. The molecule has 0 rings (SSSR count). The predicted octanol–water partition coefficient (Wildman–Crippen LogP) is -2.26. The van der Waals surface area contributed by atoms with Crippen molar-refractivity contribution in [2.75, 3.05) is 0 Å². The minimum absolute atomic E-state index is 0. The molecule has 0 aromatic rings. The van der Waals surface area contributed by atoms with Crippen molar-refractivity contribution >= 4 is 70.8 Å². The molecular formula is C3H9F9O9S6. The Morgan fingerprint density at radius 1 is 0.407 bits per heavy atom. The van der Waals surface area contributed by atoms with Gasteiger partial charge in [-0.2, -0.15) is 39.5 Å². The van der Waals surface area contributed by atoms with Crippen molar-refractivity contribution in [3.63, 3.8) is 0 Å². The Morgan fingerprint density at radius 3 is 0.444 bits per heavy atom. The molecule has 174 valence electrons. The van der Waals surface area contributed by atoms with Gasteiger partial charge in [0.15, 0.2) is 30.4 Å². The van der Waals surface area contributed by atoms with Gasteiger partial charge < -0.3 is 13.7 Å². The van der Waals surface area contributed by atoms with E-state index in [0.717, 1.165) is 0 Å². The molecule has 0 aliphatic carbocycles. The summed E-state index contributed by atoms with van der Waals surface area (Å²) in [4.78, 5) is 0. The van der Waals surface area contributed by atoms with E-state index in [9.17, 15) is 39.5 Å². The maximum Gasteiger partial charge on any atom is 0.485 e. The highest BCUT2D eigenvalue weighted by atomic mass is 32.2. The van der Waals surface area contributed by atoms with Crippen LogP contribution in [0.15, 0.2) is 0 Å². The molecule has 24 heteroatoms. The van der Waals surface area contributed by atoms with Crippen LogP contribution in [-0.4, -0.2) is 55.4 Å². The molecule has 0 aromatic carbocycles. The van der Waals surface area contributed by atoms with Gasteiger partial charge in [0, 0.05) is 0 Å². The number of halogens is 9. The lowest BCUT2D eigenvalue weighted by Gasteiger charge is -2.08. The van der Waals surface area contributed by atoms with E-state index in [1.807, 2.05) is 0 Å². The van der Waals surface area contributed by atoms with E-state index in [1.54, 1.807) is 0 Å². The maximum absolute atomic E-state index is 10.7. The first-order chi connectivity index (χ1) is 9.75. The molecule has 27 heavy (non-hydrogen) atoms. The summed E-state index contributed by atoms with van der Waals surface area (Å²) in [5, 5.41) is 0. The smallest absolute Gasteiger partial charge is 0.485 e. The SMILES string of the molecule is O=S(=O)([O-])C(F)(F)F.O=S(=O)([O-])C(F)(F)F.O=S(=O)([O-])C(F)(F)F.[SH3+].[SH3+].[SH3+]. The standard InChI is InChI=1S/3CHF3O3S.3H2S/c3*2-1(3,4)8(5,6)7;;;/h3*(H,5,6,7);3*1H2. The van der Waals surface area contributed by atoms with Crippen LogP contribution in [0, 0.1) is 0 Å². The zero-order chi connectivity index (χ0) is 21.0. The van der Waals surface area contributed by atoms with E-state index in [1.165, 1.54) is 0 Å². The Balaban J connectivity index is -0.0000000580. The van der Waals surface area contributed by atoms with Crippen molar-refractivity contribution in [1.29, 1.82) is 0 Å². The summed E-state index contributed by atoms with van der Waals surface area (Å²) in [6.07, 6.45) is 0. The molecule has 0 heterocycles. The lowest BCUT2D eigenvalue weighted by Crippen LogP contribution is -2.21. The molecule has 0 aliphatic rings. The zero-order valence-corrected chi connectivity index (χ0v) is 17.4. The fourth-order valence-electron chi connectivity index (χ4n) is 0. The fraction of sp³-hybridized carbons (Fsp3) is 1.00. The summed E-state index contributed by atoms with van der Waals surface area (Å²) in [5.41, 5.74) is -16.9. The van der Waals surface area contributed by atoms with Gasteiger partial charge >= 0.3 is 16.5 Å². The highest BCUT2D eigenvalue weighted by Crippen LogP contribution is 2.21. The molecule has 0 saturated carbocycles. The quantitative estimate of drug-likeness (QED) is 0.139. The molecule has 0 bridgehead atoms. The van der Waals surface area contributed by atoms with Crippen LogP contribution in [-0.2, 0) is 70.8 Å². The summed E-state index contributed by atoms with van der Waals surface area (Å²) < 4.78 is 177. The van der Waals surface area contributed by atoms with Gasteiger partial charge in [0.05, 0.1) is 0 Å². The zero-order valence-electron chi connectivity index (χ0n) is 11.5. The van der Waals surface area contributed by atoms with Crippen LogP contribution in [0.25, 0.3) is 0 Å². The van der Waals surface area contributed by atoms with Crippen LogP contribution in [0.3, 0.4) is 0 Å². The Bertz CT molecular complexity index is 598. The number of hydrogen-bond donors (Lipinski definition) is 0. The fourth-order valence-corrected chi connectivity index (χ4v) is 0. The molecule has 0 spiro atoms. The molecule has 0 N–H and O–H groups in total. The number of alkyl halides is 9. The number of hydrogen-bond acceptors (Lipinski definition) is 9. The first kappa shape index (κ1) is 41.5. The Hall–Kier alpha value is 0.150. The first-order valence-electron chi connectivity index (χ1n) is 3.81. The molecule has 0 aliphatic heterocycles. The van der Waals surface area contributed by atoms with Crippen LogP contribution in [0.4, 0.5) is 39.5 Å². The molecule has 0 aromatic heterocycles. The lowest BCUT2D eigenvalue weighted by molar-refractivity contribution is -0.0522. The third-order valence-corrected chi connectivity index (χ3v) is 2.55. The van der Waals surface area contributed by atoms with Gasteiger partial charge in [-0.1, -0.05) is 40.5 Å². The topological polar surface area (TPSA) is 172 Å². The Morgan fingerprint density at radius 2 is 0.444 bits per heavy atom. The van der Waals surface area contributed by atoms with Crippen molar-refractivity contribution in [2.24, 2.45) is 0 Å². The van der Waals surface area contributed by atoms with Crippen molar-refractivity contribution in [3.8, 4) is 0 Å². The van der Waals surface area contributed by atoms with E-state index < -0.39 is 46.9 Å². The largest absolute Gasteiger partial charge is 0.741 e. The normalized spacial score (nSPS) is 12.4. The van der Waals surface area contributed by atoms with Crippen LogP contribution in [0.2, 0.25) is 0 Å². The summed E-state index contributed by atoms with van der Waals surface area (Å²) in [6.45, 7) is 0. The van der Waals surface area contributed by atoms with Gasteiger partial charge in [-0.05, 0) is 0 Å². The molecule has 0 unspecified atom stereocenters. The highest BCUT2D eigenvalue weighted by Gasteiger charge is 2.38. The summed E-state index contributed by atoms with van der Waals surface area (Å²) >= 11 is 0. The second-order valence-corrected chi connectivity index (χ2v) is 6.81. The van der Waals surface area contributed by atoms with E-state index in [4.69, 9.17) is 38.9 Å². The molecule has 0 amide bonds. The van der Waals surface area contributed by atoms with Crippen LogP contribution < -0.4 is 0 Å². The van der Waals surface area contributed by atoms with Crippen molar-refractivity contribution in [2.45, 2.75) is 16.5 Å². The monoisotopic (exact) mass is 552 g/mol. The first-order valence-corrected chi connectivity index (χ1v) is 8.04. The molecule has 9 nitrogen and oxygen atoms in total. The minimum Gasteiger partial charge on any atom is -0.741 e. The van der Waals surface area contributed by atoms with Gasteiger partial charge in [0.25, 0.3) is 0 Å². The highest BCUT2D eigenvalue weighted by molar-refractivity contribution is 7.87. The summed E-state index contributed by atoms with van der Waals surface area (Å²) in [5.74, 6) is 0. The average Bonchev–Trinajstić information content (AvgIpc) is 2.08. The van der Waals surface area contributed by atoms with Gasteiger partial charge in [0.2, 0.25) is 0 Å². The van der Waals surface area contributed by atoms with Gasteiger partial charge in [-0.3, -0.25) is 0 Å². The minimum atomic E-state index is -6.09. The van der Waals surface area contributed by atoms with Gasteiger partial charge in [-0.25, -0.2) is 25.3 Å². The molecular weight excluding hydrogens is 543 g/mol. The second kappa shape index (κ2) is 12.7. The van der Waals surface area contributed by atoms with E-state index in [0.29, 0.717) is 0 Å². The molecule has 0 atom stereocenters. The van der Waals surface area contributed by atoms with E-state index in [2.05, 4.69) is 0 Å². The van der Waals surface area contributed by atoms with E-state index >= 15 is 0 Å². The Kier molecular flexibility index (Phi) is 19.5. The molecule has 0 fully saturated rings.